The molecule has 0 bridgehead atoms. The maximum Gasteiger partial charge on any atom is 0.0635 e. The van der Waals surface area contributed by atoms with Gasteiger partial charge in [-0.15, -0.1) is 0 Å². The molecule has 1 aliphatic heterocycles. The first-order valence-electron chi connectivity index (χ1n) is 5.62. The Kier molecular flexibility index (Phi) is 4.92. The summed E-state index contributed by atoms with van der Waals surface area (Å²) >= 11 is 0. The van der Waals surface area contributed by atoms with Gasteiger partial charge in [0.2, 0.25) is 0 Å². The predicted octanol–water partition coefficient (Wildman–Crippen LogP) is 1.35. The molecule has 0 aromatic carbocycles. The van der Waals surface area contributed by atoms with Crippen LogP contribution >= 0.6 is 0 Å². The number of nitrogens with two attached hydrogens (primary N) is 1. The highest BCUT2D eigenvalue weighted by Gasteiger charge is 2.25. The van der Waals surface area contributed by atoms with Gasteiger partial charge >= 0.3 is 0 Å². The van der Waals surface area contributed by atoms with Gasteiger partial charge in [-0.2, -0.15) is 5.26 Å². The molecule has 0 aliphatic carbocycles. The first-order valence-corrected chi connectivity index (χ1v) is 5.62. The average molecular weight is 195 g/mol. The Labute approximate surface area is 86.9 Å². The van der Waals surface area contributed by atoms with E-state index in [2.05, 4.69) is 17.9 Å². The van der Waals surface area contributed by atoms with Crippen molar-refractivity contribution in [3.05, 3.63) is 0 Å². The topological polar surface area (TPSA) is 53.0 Å². The maximum atomic E-state index is 8.55. The van der Waals surface area contributed by atoms with Gasteiger partial charge < -0.3 is 5.73 Å². The van der Waals surface area contributed by atoms with Gasteiger partial charge in [-0.1, -0.05) is 13.3 Å². The first kappa shape index (κ1) is 11.5. The third-order valence-corrected chi connectivity index (χ3v) is 3.31. The maximum absolute atomic E-state index is 8.55. The van der Waals surface area contributed by atoms with Gasteiger partial charge in [-0.05, 0) is 25.3 Å². The van der Waals surface area contributed by atoms with Crippen molar-refractivity contribution >= 4 is 0 Å². The van der Waals surface area contributed by atoms with E-state index in [0.717, 1.165) is 25.6 Å². The van der Waals surface area contributed by atoms with Crippen LogP contribution < -0.4 is 5.73 Å². The molecule has 1 saturated heterocycles. The number of nitriles is 1. The zero-order valence-corrected chi connectivity index (χ0v) is 9.08. The van der Waals surface area contributed by atoms with Crippen LogP contribution in [0.15, 0.2) is 0 Å². The number of hydrogen-bond acceptors (Lipinski definition) is 3. The minimum absolute atomic E-state index is 0.516. The number of rotatable bonds is 4. The summed E-state index contributed by atoms with van der Waals surface area (Å²) in [7, 11) is 0. The minimum Gasteiger partial charge on any atom is -0.329 e. The smallest absolute Gasteiger partial charge is 0.0635 e. The van der Waals surface area contributed by atoms with Crippen molar-refractivity contribution in [2.24, 2.45) is 11.7 Å². The van der Waals surface area contributed by atoms with E-state index in [0.29, 0.717) is 12.5 Å². The first-order chi connectivity index (χ1) is 6.81. The lowest BCUT2D eigenvalue weighted by molar-refractivity contribution is 0.117. The zero-order valence-electron chi connectivity index (χ0n) is 9.08. The molecule has 2 atom stereocenters. The average Bonchev–Trinajstić information content (AvgIpc) is 2.26. The Hall–Kier alpha value is -0.590. The molecule has 1 fully saturated rings. The van der Waals surface area contributed by atoms with Gasteiger partial charge in [0.15, 0.2) is 0 Å². The summed E-state index contributed by atoms with van der Waals surface area (Å²) in [4.78, 5) is 2.38. The van der Waals surface area contributed by atoms with E-state index in [-0.39, 0.29) is 0 Å². The summed E-state index contributed by atoms with van der Waals surface area (Å²) in [6.45, 7) is 5.02. The second-order valence-corrected chi connectivity index (χ2v) is 4.13. The second-order valence-electron chi connectivity index (χ2n) is 4.13. The van der Waals surface area contributed by atoms with Crippen LogP contribution in [0.4, 0.5) is 0 Å². The molecule has 0 aromatic rings. The van der Waals surface area contributed by atoms with Crippen LogP contribution in [-0.2, 0) is 0 Å². The highest BCUT2D eigenvalue weighted by atomic mass is 15.2. The molecule has 0 aromatic heterocycles. The van der Waals surface area contributed by atoms with Crippen LogP contribution in [-0.4, -0.2) is 30.6 Å². The fraction of sp³-hybridized carbons (Fsp3) is 0.909. The fourth-order valence-corrected chi connectivity index (χ4v) is 2.29. The summed E-state index contributed by atoms with van der Waals surface area (Å²) in [6.07, 6.45) is 4.40. The van der Waals surface area contributed by atoms with E-state index >= 15 is 0 Å². The van der Waals surface area contributed by atoms with Gasteiger partial charge in [-0.25, -0.2) is 0 Å². The molecule has 1 heterocycles. The lowest BCUT2D eigenvalue weighted by atomic mass is 9.89. The number of likely N-dealkylation sites (tertiary alicyclic amines) is 1. The van der Waals surface area contributed by atoms with Crippen LogP contribution in [0.25, 0.3) is 0 Å². The largest absolute Gasteiger partial charge is 0.329 e. The third-order valence-electron chi connectivity index (χ3n) is 3.31. The van der Waals surface area contributed by atoms with Crippen LogP contribution in [0.3, 0.4) is 0 Å². The quantitative estimate of drug-likeness (QED) is 0.736. The van der Waals surface area contributed by atoms with Crippen LogP contribution in [0.2, 0.25) is 0 Å². The summed E-state index contributed by atoms with van der Waals surface area (Å²) < 4.78 is 0. The molecule has 14 heavy (non-hydrogen) atoms. The highest BCUT2D eigenvalue weighted by molar-refractivity contribution is 4.84. The summed E-state index contributed by atoms with van der Waals surface area (Å²) in [5, 5.41) is 8.55. The molecule has 1 rings (SSSR count). The van der Waals surface area contributed by atoms with Crippen molar-refractivity contribution in [1.82, 2.24) is 4.90 Å². The molecule has 0 spiro atoms. The van der Waals surface area contributed by atoms with Crippen LogP contribution in [0, 0.1) is 17.2 Å². The van der Waals surface area contributed by atoms with Gasteiger partial charge in [0.1, 0.15) is 0 Å². The normalized spacial score (nSPS) is 28.6. The van der Waals surface area contributed by atoms with E-state index in [1.807, 2.05) is 0 Å². The molecule has 3 nitrogen and oxygen atoms in total. The van der Waals surface area contributed by atoms with Crippen molar-refractivity contribution in [3.63, 3.8) is 0 Å². The van der Waals surface area contributed by atoms with E-state index < -0.39 is 0 Å². The van der Waals surface area contributed by atoms with Crippen molar-refractivity contribution in [2.45, 2.75) is 38.6 Å². The van der Waals surface area contributed by atoms with Gasteiger partial charge in [0, 0.05) is 25.6 Å². The van der Waals surface area contributed by atoms with E-state index in [9.17, 15) is 0 Å². The van der Waals surface area contributed by atoms with E-state index in [4.69, 9.17) is 11.0 Å². The molecule has 2 N–H and O–H groups in total. The molecule has 80 valence electrons. The van der Waals surface area contributed by atoms with Crippen molar-refractivity contribution in [2.75, 3.05) is 19.6 Å². The molecule has 0 amide bonds. The Morgan fingerprint density at radius 1 is 1.57 bits per heavy atom. The summed E-state index contributed by atoms with van der Waals surface area (Å²) in [5.74, 6) is 0.849. The summed E-state index contributed by atoms with van der Waals surface area (Å²) in [5.41, 5.74) is 5.76. The third kappa shape index (κ3) is 2.97. The number of nitrogens with zero attached hydrogens (tertiary/aromatic N) is 2. The second kappa shape index (κ2) is 6.00. The van der Waals surface area contributed by atoms with Gasteiger partial charge in [0.05, 0.1) is 6.07 Å². The highest BCUT2D eigenvalue weighted by Crippen LogP contribution is 2.24. The fourth-order valence-electron chi connectivity index (χ4n) is 2.29. The van der Waals surface area contributed by atoms with Gasteiger partial charge in [-0.3, -0.25) is 4.90 Å². The Bertz CT molecular complexity index is 197. The number of piperidine rings is 1. The molecule has 3 heteroatoms. The molecule has 2 unspecified atom stereocenters. The molecular formula is C11H21N3. The predicted molar refractivity (Wildman–Crippen MR) is 57.7 cm³/mol. The Morgan fingerprint density at radius 2 is 2.36 bits per heavy atom. The van der Waals surface area contributed by atoms with Crippen molar-refractivity contribution in [3.8, 4) is 6.07 Å². The lowest BCUT2D eigenvalue weighted by Gasteiger charge is -2.38. The SMILES string of the molecule is CCC1CCN(CCC#N)C(CN)C1. The zero-order chi connectivity index (χ0) is 10.4. The molecule has 0 saturated carbocycles. The standard InChI is InChI=1S/C11H21N3/c1-2-10-4-7-14(6-3-5-12)11(8-10)9-13/h10-11H,2-4,6-9,13H2,1H3. The Balaban J connectivity index is 2.40. The van der Waals surface area contributed by atoms with Crippen LogP contribution in [0.5, 0.6) is 0 Å². The summed E-state index contributed by atoms with van der Waals surface area (Å²) in [6, 6.07) is 2.72. The minimum atomic E-state index is 0.516. The lowest BCUT2D eigenvalue weighted by Crippen LogP contribution is -2.46. The molecule has 0 radical (unpaired) electrons. The Morgan fingerprint density at radius 3 is 2.93 bits per heavy atom. The number of hydrogen-bond donors (Lipinski definition) is 1. The van der Waals surface area contributed by atoms with Crippen LogP contribution in [0.1, 0.15) is 32.6 Å². The van der Waals surface area contributed by atoms with Crippen molar-refractivity contribution < 1.29 is 0 Å². The van der Waals surface area contributed by atoms with E-state index in [1.54, 1.807) is 0 Å². The van der Waals surface area contributed by atoms with E-state index in [1.165, 1.54) is 19.3 Å². The monoisotopic (exact) mass is 195 g/mol. The molecular weight excluding hydrogens is 174 g/mol. The molecule has 1 aliphatic rings. The van der Waals surface area contributed by atoms with Crippen molar-refractivity contribution in [1.29, 1.82) is 5.26 Å². The van der Waals surface area contributed by atoms with Gasteiger partial charge in [0.25, 0.3) is 0 Å².